The van der Waals surface area contributed by atoms with Crippen LogP contribution in [0, 0.1) is 0 Å². The van der Waals surface area contributed by atoms with Crippen LogP contribution in [0.4, 0.5) is 0 Å². The van der Waals surface area contributed by atoms with E-state index in [9.17, 15) is 13.2 Å². The lowest BCUT2D eigenvalue weighted by Gasteiger charge is -2.12. The Morgan fingerprint density at radius 1 is 1.32 bits per heavy atom. The molecule has 0 fully saturated rings. The fourth-order valence-electron chi connectivity index (χ4n) is 1.94. The third kappa shape index (κ3) is 2.50. The zero-order valence-electron chi connectivity index (χ0n) is 10.7. The van der Waals surface area contributed by atoms with Crippen LogP contribution in [0.15, 0.2) is 27.9 Å². The van der Waals surface area contributed by atoms with E-state index in [1.54, 1.807) is 7.05 Å². The fraction of sp³-hybridized carbons (Fsp3) is 0.333. The summed E-state index contributed by atoms with van der Waals surface area (Å²) in [6.45, 7) is 3.87. The highest BCUT2D eigenvalue weighted by molar-refractivity contribution is 8.13. The van der Waals surface area contributed by atoms with Crippen molar-refractivity contribution in [2.75, 3.05) is 0 Å². The lowest BCUT2D eigenvalue weighted by Crippen LogP contribution is -2.23. The number of hydrogen-bond donors (Lipinski definition) is 0. The summed E-state index contributed by atoms with van der Waals surface area (Å²) in [5.74, 6) is 0.748. The van der Waals surface area contributed by atoms with Gasteiger partial charge in [-0.1, -0.05) is 13.8 Å². The molecule has 0 unspecified atom stereocenters. The molecule has 0 aliphatic heterocycles. The van der Waals surface area contributed by atoms with Gasteiger partial charge in [-0.3, -0.25) is 9.36 Å². The van der Waals surface area contributed by atoms with Gasteiger partial charge in [-0.2, -0.15) is 0 Å². The van der Waals surface area contributed by atoms with Crippen LogP contribution in [0.1, 0.15) is 25.6 Å². The van der Waals surface area contributed by atoms with Crippen LogP contribution in [0.3, 0.4) is 0 Å². The quantitative estimate of drug-likeness (QED) is 0.795. The second kappa shape index (κ2) is 4.61. The van der Waals surface area contributed by atoms with Gasteiger partial charge in [0.15, 0.2) is 0 Å². The number of benzene rings is 1. The highest BCUT2D eigenvalue weighted by Gasteiger charge is 2.15. The molecule has 1 aromatic heterocycles. The van der Waals surface area contributed by atoms with Gasteiger partial charge in [-0.15, -0.1) is 0 Å². The second-order valence-corrected chi connectivity index (χ2v) is 7.17. The molecule has 0 bridgehead atoms. The average Bonchev–Trinajstić information content (AvgIpc) is 2.31. The van der Waals surface area contributed by atoms with Crippen molar-refractivity contribution in [1.29, 1.82) is 0 Å². The minimum absolute atomic E-state index is 0.0959. The number of hydrogen-bond acceptors (Lipinski definition) is 4. The van der Waals surface area contributed by atoms with Crippen molar-refractivity contribution in [1.82, 2.24) is 9.55 Å². The van der Waals surface area contributed by atoms with Crippen LogP contribution in [0.5, 0.6) is 0 Å². The molecule has 7 heteroatoms. The van der Waals surface area contributed by atoms with Crippen LogP contribution < -0.4 is 5.56 Å². The van der Waals surface area contributed by atoms with E-state index in [1.165, 1.54) is 22.8 Å². The third-order valence-electron chi connectivity index (χ3n) is 2.88. The first-order chi connectivity index (χ1) is 8.71. The molecule has 19 heavy (non-hydrogen) atoms. The average molecular weight is 301 g/mol. The normalized spacial score (nSPS) is 12.3. The summed E-state index contributed by atoms with van der Waals surface area (Å²) in [6.07, 6.45) is 0. The van der Waals surface area contributed by atoms with Gasteiger partial charge in [-0.25, -0.2) is 13.4 Å². The third-order valence-corrected chi connectivity index (χ3v) is 4.23. The smallest absolute Gasteiger partial charge is 0.261 e. The van der Waals surface area contributed by atoms with Gasteiger partial charge in [0, 0.05) is 23.6 Å². The molecule has 0 aliphatic carbocycles. The van der Waals surface area contributed by atoms with Gasteiger partial charge in [0.05, 0.1) is 15.8 Å². The van der Waals surface area contributed by atoms with Crippen molar-refractivity contribution in [3.63, 3.8) is 0 Å². The van der Waals surface area contributed by atoms with E-state index in [0.717, 1.165) is 0 Å². The summed E-state index contributed by atoms with van der Waals surface area (Å²) >= 11 is 0. The number of rotatable bonds is 2. The van der Waals surface area contributed by atoms with Gasteiger partial charge in [0.2, 0.25) is 0 Å². The number of fused-ring (bicyclic) bond motifs is 1. The maximum Gasteiger partial charge on any atom is 0.261 e. The molecule has 0 amide bonds. The van der Waals surface area contributed by atoms with Gasteiger partial charge in [0.25, 0.3) is 14.6 Å². The Bertz CT molecular complexity index is 810. The van der Waals surface area contributed by atoms with Crippen molar-refractivity contribution < 1.29 is 8.42 Å². The molecular weight excluding hydrogens is 288 g/mol. The first kappa shape index (κ1) is 14.0. The molecule has 0 saturated heterocycles. The standard InChI is InChI=1S/C12H13ClN2O3S/c1-7(2)11-14-10-5-4-8(19(13,17)18)6-9(10)12(16)15(11)3/h4-7H,1-3H3. The van der Waals surface area contributed by atoms with Crippen molar-refractivity contribution in [3.05, 3.63) is 34.4 Å². The summed E-state index contributed by atoms with van der Waals surface area (Å²) in [6, 6.07) is 4.11. The highest BCUT2D eigenvalue weighted by Crippen LogP contribution is 2.20. The van der Waals surface area contributed by atoms with Crippen LogP contribution in [-0.2, 0) is 16.1 Å². The molecule has 5 nitrogen and oxygen atoms in total. The number of halogens is 1. The lowest BCUT2D eigenvalue weighted by atomic mass is 10.1. The minimum Gasteiger partial charge on any atom is -0.299 e. The molecule has 2 aromatic rings. The summed E-state index contributed by atoms with van der Waals surface area (Å²) in [4.78, 5) is 16.5. The van der Waals surface area contributed by atoms with Crippen molar-refractivity contribution in [3.8, 4) is 0 Å². The van der Waals surface area contributed by atoms with E-state index in [2.05, 4.69) is 4.98 Å². The Morgan fingerprint density at radius 3 is 2.47 bits per heavy atom. The van der Waals surface area contributed by atoms with Crippen LogP contribution >= 0.6 is 10.7 Å². The van der Waals surface area contributed by atoms with E-state index < -0.39 is 9.05 Å². The van der Waals surface area contributed by atoms with Gasteiger partial charge >= 0.3 is 0 Å². The molecule has 0 spiro atoms. The summed E-state index contributed by atoms with van der Waals surface area (Å²) < 4.78 is 24.0. The second-order valence-electron chi connectivity index (χ2n) is 4.61. The van der Waals surface area contributed by atoms with Crippen LogP contribution in [-0.4, -0.2) is 18.0 Å². The molecule has 0 atom stereocenters. The Kier molecular flexibility index (Phi) is 3.40. The van der Waals surface area contributed by atoms with E-state index in [0.29, 0.717) is 11.3 Å². The first-order valence-electron chi connectivity index (χ1n) is 5.67. The van der Waals surface area contributed by atoms with Crippen molar-refractivity contribution in [2.24, 2.45) is 7.05 Å². The van der Waals surface area contributed by atoms with Gasteiger partial charge in [-0.05, 0) is 18.2 Å². The summed E-state index contributed by atoms with van der Waals surface area (Å²) in [5, 5.41) is 0.244. The zero-order chi connectivity index (χ0) is 14.4. The molecule has 0 aliphatic rings. The van der Waals surface area contributed by atoms with E-state index in [1.807, 2.05) is 13.8 Å². The minimum atomic E-state index is -3.85. The lowest BCUT2D eigenvalue weighted by molar-refractivity contribution is 0.609. The Balaban J connectivity index is 2.87. The maximum atomic E-state index is 12.2. The van der Waals surface area contributed by atoms with Crippen LogP contribution in [0.2, 0.25) is 0 Å². The van der Waals surface area contributed by atoms with E-state index >= 15 is 0 Å². The Hall–Kier alpha value is -1.40. The number of aromatic nitrogens is 2. The predicted molar refractivity (Wildman–Crippen MR) is 74.1 cm³/mol. The summed E-state index contributed by atoms with van der Waals surface area (Å²) in [7, 11) is 3.04. The maximum absolute atomic E-state index is 12.2. The fourth-order valence-corrected chi connectivity index (χ4v) is 2.71. The van der Waals surface area contributed by atoms with Crippen molar-refractivity contribution in [2.45, 2.75) is 24.7 Å². The van der Waals surface area contributed by atoms with Crippen molar-refractivity contribution >= 4 is 30.6 Å². The monoisotopic (exact) mass is 300 g/mol. The van der Waals surface area contributed by atoms with Gasteiger partial charge < -0.3 is 0 Å². The molecule has 0 radical (unpaired) electrons. The van der Waals surface area contributed by atoms with E-state index in [-0.39, 0.29) is 21.8 Å². The first-order valence-corrected chi connectivity index (χ1v) is 7.98. The molecule has 102 valence electrons. The molecule has 0 saturated carbocycles. The Morgan fingerprint density at radius 2 is 1.95 bits per heavy atom. The van der Waals surface area contributed by atoms with E-state index in [4.69, 9.17) is 10.7 Å². The topological polar surface area (TPSA) is 69.0 Å². The number of nitrogens with zero attached hydrogens (tertiary/aromatic N) is 2. The molecule has 1 aromatic carbocycles. The molecule has 0 N–H and O–H groups in total. The van der Waals surface area contributed by atoms with Crippen LogP contribution in [0.25, 0.3) is 10.9 Å². The molecule has 2 rings (SSSR count). The molecular formula is C12H13ClN2O3S. The zero-order valence-corrected chi connectivity index (χ0v) is 12.3. The largest absolute Gasteiger partial charge is 0.299 e. The Labute approximate surface area is 115 Å². The SMILES string of the molecule is CC(C)c1nc2ccc(S(=O)(=O)Cl)cc2c(=O)n1C. The summed E-state index contributed by atoms with van der Waals surface area (Å²) in [5.41, 5.74) is 0.187. The van der Waals surface area contributed by atoms with Gasteiger partial charge in [0.1, 0.15) is 5.82 Å². The molecule has 1 heterocycles. The highest BCUT2D eigenvalue weighted by atomic mass is 35.7. The predicted octanol–water partition coefficient (Wildman–Crippen LogP) is 1.98.